The number of aromatic nitrogens is 4. The van der Waals surface area contributed by atoms with E-state index in [2.05, 4.69) is 15.5 Å². The number of hydrogen-bond donors (Lipinski definition) is 2. The van der Waals surface area contributed by atoms with Gasteiger partial charge in [0.15, 0.2) is 5.82 Å². The Morgan fingerprint density at radius 1 is 1.05 bits per heavy atom. The summed E-state index contributed by atoms with van der Waals surface area (Å²) in [5.74, 6) is -1.63. The van der Waals surface area contributed by atoms with Gasteiger partial charge in [-0.25, -0.2) is 22.9 Å². The van der Waals surface area contributed by atoms with Crippen LogP contribution in [0, 0.1) is 11.6 Å². The van der Waals surface area contributed by atoms with Gasteiger partial charge in [0.05, 0.1) is 28.9 Å². The highest BCUT2D eigenvalue weighted by Crippen LogP contribution is 2.42. The van der Waals surface area contributed by atoms with Crippen molar-refractivity contribution in [2.24, 2.45) is 0 Å². The highest BCUT2D eigenvalue weighted by atomic mass is 32.1. The Morgan fingerprint density at radius 2 is 1.78 bits per heavy atom. The van der Waals surface area contributed by atoms with E-state index in [9.17, 15) is 23.2 Å². The fourth-order valence-corrected chi connectivity index (χ4v) is 6.62. The molecule has 5 rings (SSSR count). The van der Waals surface area contributed by atoms with Crippen molar-refractivity contribution < 1.29 is 23.4 Å². The molecule has 5 aromatic rings. The first-order chi connectivity index (χ1) is 19.6. The van der Waals surface area contributed by atoms with E-state index in [1.165, 1.54) is 25.3 Å². The van der Waals surface area contributed by atoms with Crippen molar-refractivity contribution >= 4 is 44.0 Å². The van der Waals surface area contributed by atoms with Crippen molar-refractivity contribution in [3.8, 4) is 21.5 Å². The van der Waals surface area contributed by atoms with Gasteiger partial charge in [-0.1, -0.05) is 6.07 Å². The van der Waals surface area contributed by atoms with E-state index >= 15 is 0 Å². The number of nitrogens with zero attached hydrogens (tertiary/aromatic N) is 5. The fraction of sp³-hybridized carbons (Fsp3) is 0.192. The molecule has 2 N–H and O–H groups in total. The van der Waals surface area contributed by atoms with Crippen LogP contribution in [0.1, 0.15) is 11.1 Å². The van der Waals surface area contributed by atoms with Crippen LogP contribution < -0.4 is 21.3 Å². The summed E-state index contributed by atoms with van der Waals surface area (Å²) in [6.07, 6.45) is -1.23. The van der Waals surface area contributed by atoms with E-state index in [1.54, 1.807) is 26.2 Å². The molecule has 0 aliphatic carbocycles. The number of carboxylic acid groups (broad SMARTS) is 1. The van der Waals surface area contributed by atoms with Crippen LogP contribution in [-0.4, -0.2) is 56.6 Å². The minimum absolute atomic E-state index is 0.0990. The number of fused-ring (bicyclic) bond motifs is 1. The van der Waals surface area contributed by atoms with Crippen molar-refractivity contribution in [3.63, 3.8) is 0 Å². The van der Waals surface area contributed by atoms with Gasteiger partial charge < -0.3 is 14.7 Å². The molecule has 0 radical (unpaired) electrons. The zero-order valence-electron chi connectivity index (χ0n) is 21.8. The average molecular weight is 601 g/mol. The largest absolute Gasteiger partial charge is 0.480 e. The predicted octanol–water partition coefficient (Wildman–Crippen LogP) is 4.22. The second-order valence-corrected chi connectivity index (χ2v) is 11.1. The molecule has 4 heterocycles. The Labute approximate surface area is 238 Å². The summed E-state index contributed by atoms with van der Waals surface area (Å²) in [5, 5.41) is 19.8. The molecule has 0 saturated carbocycles. The van der Waals surface area contributed by atoms with Crippen LogP contribution in [0.3, 0.4) is 0 Å². The molecule has 0 saturated heterocycles. The molecule has 15 heteroatoms. The lowest BCUT2D eigenvalue weighted by molar-refractivity contribution is 0.210. The van der Waals surface area contributed by atoms with Gasteiger partial charge in [0.1, 0.15) is 16.5 Å². The molecule has 0 aliphatic heterocycles. The Balaban J connectivity index is 1.86. The number of thiophene rings is 2. The minimum Gasteiger partial charge on any atom is -0.480 e. The first kappa shape index (κ1) is 28.1. The van der Waals surface area contributed by atoms with Gasteiger partial charge in [-0.15, -0.1) is 32.9 Å². The molecule has 212 valence electrons. The molecule has 4 aromatic heterocycles. The first-order valence-corrected chi connectivity index (χ1v) is 13.6. The molecule has 0 fully saturated rings. The zero-order valence-corrected chi connectivity index (χ0v) is 23.5. The summed E-state index contributed by atoms with van der Waals surface area (Å²) in [5.41, 5.74) is -1.35. The molecule has 0 unspecified atom stereocenters. The molecular weight excluding hydrogens is 578 g/mol. The van der Waals surface area contributed by atoms with Crippen molar-refractivity contribution in [3.05, 3.63) is 86.1 Å². The van der Waals surface area contributed by atoms with Crippen LogP contribution in [0.4, 0.5) is 18.6 Å². The van der Waals surface area contributed by atoms with Gasteiger partial charge in [0.25, 0.3) is 5.56 Å². The number of nitrogens with one attached hydrogen (secondary N) is 1. The van der Waals surface area contributed by atoms with E-state index in [0.29, 0.717) is 20.3 Å². The quantitative estimate of drug-likeness (QED) is 0.271. The highest BCUT2D eigenvalue weighted by molar-refractivity contribution is 7.27. The molecule has 41 heavy (non-hydrogen) atoms. The van der Waals surface area contributed by atoms with E-state index in [4.69, 9.17) is 9.84 Å². The SMILES string of the molecule is COc1ccc(-n2c(=O)c3c(CN(C)C)c(-c4ccc(NC(=O)O)s4)sc3n(Cc3c(F)cccc3F)c2=O)nn1. The Morgan fingerprint density at radius 3 is 2.39 bits per heavy atom. The molecule has 11 nitrogen and oxygen atoms in total. The Kier molecular flexibility index (Phi) is 7.66. The zero-order chi connectivity index (χ0) is 29.4. The number of carbonyl (C=O) groups is 1. The van der Waals surface area contributed by atoms with Gasteiger partial charge >= 0.3 is 11.8 Å². The van der Waals surface area contributed by atoms with Crippen molar-refractivity contribution in [2.45, 2.75) is 13.1 Å². The number of halogens is 2. The smallest absolute Gasteiger partial charge is 0.409 e. The van der Waals surface area contributed by atoms with E-state index < -0.39 is 35.5 Å². The lowest BCUT2D eigenvalue weighted by Gasteiger charge is -2.14. The van der Waals surface area contributed by atoms with E-state index in [-0.39, 0.29) is 34.0 Å². The van der Waals surface area contributed by atoms with Crippen LogP contribution in [0.15, 0.2) is 52.1 Å². The fourth-order valence-electron chi connectivity index (χ4n) is 4.29. The maximum atomic E-state index is 14.8. The molecule has 0 aliphatic rings. The molecule has 0 atom stereocenters. The van der Waals surface area contributed by atoms with Crippen LogP contribution in [0.25, 0.3) is 25.8 Å². The lowest BCUT2D eigenvalue weighted by atomic mass is 10.1. The van der Waals surface area contributed by atoms with E-state index in [0.717, 1.165) is 43.9 Å². The third kappa shape index (κ3) is 5.33. The topological polar surface area (TPSA) is 132 Å². The molecule has 0 bridgehead atoms. The number of hydrogen-bond acceptors (Lipinski definition) is 9. The molecule has 1 aromatic carbocycles. The predicted molar refractivity (Wildman–Crippen MR) is 152 cm³/mol. The molecule has 0 spiro atoms. The van der Waals surface area contributed by atoms with Gasteiger partial charge in [0.2, 0.25) is 5.88 Å². The summed E-state index contributed by atoms with van der Waals surface area (Å²) in [4.78, 5) is 42.4. The number of rotatable bonds is 8. The summed E-state index contributed by atoms with van der Waals surface area (Å²) < 4.78 is 36.5. The summed E-state index contributed by atoms with van der Waals surface area (Å²) >= 11 is 2.25. The first-order valence-electron chi connectivity index (χ1n) is 12.0. The number of amides is 1. The number of benzene rings is 1. The van der Waals surface area contributed by atoms with Crippen LogP contribution in [-0.2, 0) is 13.1 Å². The van der Waals surface area contributed by atoms with Gasteiger partial charge in [0, 0.05) is 28.6 Å². The third-order valence-electron chi connectivity index (χ3n) is 6.05. The summed E-state index contributed by atoms with van der Waals surface area (Å²) in [7, 11) is 4.99. The van der Waals surface area contributed by atoms with Crippen LogP contribution in [0.2, 0.25) is 0 Å². The monoisotopic (exact) mass is 600 g/mol. The second-order valence-electron chi connectivity index (χ2n) is 9.07. The molecular formula is C26H22F2N6O5S2. The van der Waals surface area contributed by atoms with Gasteiger partial charge in [-0.05, 0) is 44.4 Å². The second kappa shape index (κ2) is 11.2. The van der Waals surface area contributed by atoms with E-state index in [1.807, 2.05) is 4.90 Å². The summed E-state index contributed by atoms with van der Waals surface area (Å²) in [6, 6.07) is 9.50. The highest BCUT2D eigenvalue weighted by Gasteiger charge is 2.26. The maximum absolute atomic E-state index is 14.8. The third-order valence-corrected chi connectivity index (χ3v) is 8.48. The van der Waals surface area contributed by atoms with Crippen molar-refractivity contribution in [1.82, 2.24) is 24.2 Å². The molecule has 1 amide bonds. The van der Waals surface area contributed by atoms with Crippen molar-refractivity contribution in [1.29, 1.82) is 0 Å². The number of anilines is 1. The maximum Gasteiger partial charge on any atom is 0.409 e. The Bertz CT molecular complexity index is 1880. The van der Waals surface area contributed by atoms with Gasteiger partial charge in [-0.3, -0.25) is 14.7 Å². The van der Waals surface area contributed by atoms with Crippen LogP contribution >= 0.6 is 22.7 Å². The van der Waals surface area contributed by atoms with Gasteiger partial charge in [-0.2, -0.15) is 0 Å². The number of ether oxygens (including phenoxy) is 1. The lowest BCUT2D eigenvalue weighted by Crippen LogP contribution is -2.39. The Hall–Kier alpha value is -4.47. The minimum atomic E-state index is -1.23. The van der Waals surface area contributed by atoms with Crippen molar-refractivity contribution in [2.75, 3.05) is 26.5 Å². The standard InChI is InChI=1S/C26H22F2N6O5S2/c1-32(2)11-14-21-23(35)34(18-8-9-19(39-3)31-30-18)26(38)33(12-13-15(27)5-4-6-16(13)28)24(21)41-22(14)17-7-10-20(40-17)29-25(36)37/h4-10,29H,11-12H2,1-3H3,(H,36,37). The summed E-state index contributed by atoms with van der Waals surface area (Å²) in [6.45, 7) is -0.236. The van der Waals surface area contributed by atoms with Crippen LogP contribution in [0.5, 0.6) is 5.88 Å². The average Bonchev–Trinajstić information content (AvgIpc) is 3.52. The normalized spacial score (nSPS) is 11.4. The number of methoxy groups -OCH3 is 1.